The van der Waals surface area contributed by atoms with Crippen LogP contribution in [0, 0.1) is 0 Å². The quantitative estimate of drug-likeness (QED) is 0.146. The van der Waals surface area contributed by atoms with Gasteiger partial charge in [0, 0.05) is 47.8 Å². The van der Waals surface area contributed by atoms with E-state index in [0.29, 0.717) is 11.1 Å². The summed E-state index contributed by atoms with van der Waals surface area (Å²) in [6.45, 7) is 1.94. The number of amides is 3. The molecule has 1 unspecified atom stereocenters. The normalized spacial score (nSPS) is 11.6. The third-order valence-corrected chi connectivity index (χ3v) is 7.35. The van der Waals surface area contributed by atoms with Crippen molar-refractivity contribution in [3.8, 4) is 21.6 Å². The number of hydrogen-bond acceptors (Lipinski definition) is 7. The van der Waals surface area contributed by atoms with Crippen molar-refractivity contribution in [2.75, 3.05) is 7.11 Å². The minimum atomic E-state index is -0.690. The van der Waals surface area contributed by atoms with Gasteiger partial charge < -0.3 is 10.1 Å². The molecule has 2 aromatic carbocycles. The summed E-state index contributed by atoms with van der Waals surface area (Å²) in [6.07, 6.45) is 5.96. The first kappa shape index (κ1) is 29.9. The number of rotatable bonds is 10. The molecule has 0 fully saturated rings. The van der Waals surface area contributed by atoms with Gasteiger partial charge in [-0.25, -0.2) is 4.79 Å². The lowest BCUT2D eigenvalue weighted by Gasteiger charge is -2.18. The van der Waals surface area contributed by atoms with E-state index in [1.165, 1.54) is 7.11 Å². The number of aromatic nitrogens is 2. The van der Waals surface area contributed by atoms with Gasteiger partial charge in [0.2, 0.25) is 5.91 Å². The van der Waals surface area contributed by atoms with Crippen LogP contribution in [0.4, 0.5) is 0 Å². The zero-order valence-corrected chi connectivity index (χ0v) is 24.2. The van der Waals surface area contributed by atoms with Crippen LogP contribution >= 0.6 is 11.3 Å². The largest absolute Gasteiger partial charge is 0.466 e. The maximum Gasteiger partial charge on any atom is 0.330 e. The molecule has 4 rings (SSSR count). The van der Waals surface area contributed by atoms with Crippen LogP contribution < -0.4 is 16.2 Å². The van der Waals surface area contributed by atoms with Gasteiger partial charge in [0.25, 0.3) is 11.8 Å². The first-order chi connectivity index (χ1) is 20.2. The van der Waals surface area contributed by atoms with E-state index in [1.54, 1.807) is 40.3 Å². The molecule has 0 aliphatic carbocycles. The van der Waals surface area contributed by atoms with E-state index in [4.69, 9.17) is 0 Å². The van der Waals surface area contributed by atoms with Crippen LogP contribution in [-0.4, -0.2) is 40.6 Å². The molecule has 42 heavy (non-hydrogen) atoms. The third-order valence-electron chi connectivity index (χ3n) is 6.43. The van der Waals surface area contributed by atoms with Gasteiger partial charge in [-0.1, -0.05) is 24.3 Å². The molecular weight excluding hydrogens is 554 g/mol. The van der Waals surface area contributed by atoms with Gasteiger partial charge in [0.1, 0.15) is 0 Å². The van der Waals surface area contributed by atoms with Crippen LogP contribution in [0.25, 0.3) is 21.6 Å². The van der Waals surface area contributed by atoms with Gasteiger partial charge in [-0.2, -0.15) is 5.10 Å². The van der Waals surface area contributed by atoms with Crippen molar-refractivity contribution in [3.63, 3.8) is 0 Å². The van der Waals surface area contributed by atoms with Crippen molar-refractivity contribution in [2.45, 2.75) is 25.8 Å². The van der Waals surface area contributed by atoms with E-state index >= 15 is 0 Å². The number of aryl methyl sites for hydroxylation is 2. The summed E-state index contributed by atoms with van der Waals surface area (Å²) >= 11 is 1.65. The molecule has 3 N–H and O–H groups in total. The highest BCUT2D eigenvalue weighted by Crippen LogP contribution is 2.32. The van der Waals surface area contributed by atoms with Crippen LogP contribution in [0.2, 0.25) is 0 Å². The minimum Gasteiger partial charge on any atom is -0.466 e. The number of hydrogen-bond donors (Lipinski definition) is 3. The Labute approximate surface area is 247 Å². The Balaban J connectivity index is 1.43. The molecule has 0 radical (unpaired) electrons. The van der Waals surface area contributed by atoms with E-state index in [-0.39, 0.29) is 24.8 Å². The van der Waals surface area contributed by atoms with Gasteiger partial charge in [0.15, 0.2) is 0 Å². The Kier molecular flexibility index (Phi) is 10.0. The molecule has 10 nitrogen and oxygen atoms in total. The second kappa shape index (κ2) is 14.0. The lowest BCUT2D eigenvalue weighted by molar-refractivity contribution is -0.135. The first-order valence-corrected chi connectivity index (χ1v) is 14.0. The van der Waals surface area contributed by atoms with E-state index in [2.05, 4.69) is 50.3 Å². The van der Waals surface area contributed by atoms with Crippen LogP contribution in [0.3, 0.4) is 0 Å². The fraction of sp³-hybridized carbons (Fsp3) is 0.194. The van der Waals surface area contributed by atoms with Gasteiger partial charge >= 0.3 is 5.97 Å². The zero-order chi connectivity index (χ0) is 30.1. The summed E-state index contributed by atoms with van der Waals surface area (Å²) in [5, 5.41) is 9.44. The zero-order valence-electron chi connectivity index (χ0n) is 23.4. The molecule has 0 aliphatic rings. The standard InChI is InChI=1S/C31H31N5O5S/c1-20(22-15-23(25-18-32-36(2)19-25)17-24(16-22)27-9-6-14-42-27)33-31(40)26-8-5-4-7-21(26)10-11-28(37)34-35-29(38)12-13-30(39)41-3/h4-9,12-20H,10-11H2,1-3H3,(H,33,40)(H,34,37)(H,35,38)/b13-12+. The fourth-order valence-corrected chi connectivity index (χ4v) is 4.95. The average molecular weight is 586 g/mol. The molecule has 0 spiro atoms. The highest BCUT2D eigenvalue weighted by Gasteiger charge is 2.17. The number of carbonyl (C=O) groups is 4. The predicted molar refractivity (Wildman–Crippen MR) is 160 cm³/mol. The van der Waals surface area contributed by atoms with Gasteiger partial charge in [-0.15, -0.1) is 11.3 Å². The Morgan fingerprint density at radius 1 is 1.00 bits per heavy atom. The minimum absolute atomic E-state index is 0.0260. The van der Waals surface area contributed by atoms with Gasteiger partial charge in [-0.3, -0.25) is 29.9 Å². The van der Waals surface area contributed by atoms with Gasteiger partial charge in [0.05, 0.1) is 19.3 Å². The lowest BCUT2D eigenvalue weighted by Crippen LogP contribution is -2.41. The lowest BCUT2D eigenvalue weighted by atomic mass is 9.97. The van der Waals surface area contributed by atoms with Crippen molar-refractivity contribution in [1.29, 1.82) is 0 Å². The van der Waals surface area contributed by atoms with Crippen LogP contribution in [0.15, 0.2) is 84.5 Å². The van der Waals surface area contributed by atoms with Crippen molar-refractivity contribution in [2.24, 2.45) is 7.05 Å². The summed E-state index contributed by atoms with van der Waals surface area (Å²) in [6, 6.07) is 17.1. The number of hydrazine groups is 1. The molecule has 0 bridgehead atoms. The second-order valence-corrected chi connectivity index (χ2v) is 10.4. The Bertz CT molecular complexity index is 1610. The highest BCUT2D eigenvalue weighted by molar-refractivity contribution is 7.13. The topological polar surface area (TPSA) is 131 Å². The maximum atomic E-state index is 13.4. The molecule has 0 aliphatic heterocycles. The molecule has 2 heterocycles. The fourth-order valence-electron chi connectivity index (χ4n) is 4.24. The van der Waals surface area contributed by atoms with E-state index in [9.17, 15) is 19.2 Å². The molecule has 4 aromatic rings. The molecule has 0 saturated carbocycles. The number of benzene rings is 2. The smallest absolute Gasteiger partial charge is 0.330 e. The average Bonchev–Trinajstić information content (AvgIpc) is 3.70. The van der Waals surface area contributed by atoms with Crippen molar-refractivity contribution in [3.05, 3.63) is 101 Å². The summed E-state index contributed by atoms with van der Waals surface area (Å²) in [5.74, 6) is -2.09. The van der Waals surface area contributed by atoms with Gasteiger partial charge in [-0.05, 0) is 71.3 Å². The molecule has 216 valence electrons. The number of carbonyl (C=O) groups excluding carboxylic acids is 4. The van der Waals surface area contributed by atoms with Crippen LogP contribution in [0.1, 0.15) is 40.9 Å². The number of nitrogens with one attached hydrogen (secondary N) is 3. The number of nitrogens with zero attached hydrogens (tertiary/aromatic N) is 2. The Hall–Kier alpha value is -5.03. The number of ether oxygens (including phenoxy) is 1. The molecule has 0 saturated heterocycles. The Morgan fingerprint density at radius 2 is 1.79 bits per heavy atom. The maximum absolute atomic E-state index is 13.4. The number of methoxy groups -OCH3 is 1. The summed E-state index contributed by atoms with van der Waals surface area (Å²) in [5.41, 5.74) is 9.62. The molecular formula is C31H31N5O5S. The second-order valence-electron chi connectivity index (χ2n) is 9.47. The van der Waals surface area contributed by atoms with E-state index in [0.717, 1.165) is 39.3 Å². The first-order valence-electron chi connectivity index (χ1n) is 13.1. The molecule has 2 aromatic heterocycles. The molecule has 3 amide bonds. The van der Waals surface area contributed by atoms with E-state index < -0.39 is 17.8 Å². The summed E-state index contributed by atoms with van der Waals surface area (Å²) < 4.78 is 6.16. The monoisotopic (exact) mass is 585 g/mol. The molecule has 11 heteroatoms. The summed E-state index contributed by atoms with van der Waals surface area (Å²) in [4.78, 5) is 49.6. The number of thiophene rings is 1. The Morgan fingerprint density at radius 3 is 2.50 bits per heavy atom. The van der Waals surface area contributed by atoms with Crippen molar-refractivity contribution < 1.29 is 23.9 Å². The van der Waals surface area contributed by atoms with Crippen LogP contribution in [-0.2, 0) is 32.6 Å². The van der Waals surface area contributed by atoms with Crippen LogP contribution in [0.5, 0.6) is 0 Å². The van der Waals surface area contributed by atoms with E-state index in [1.807, 2.05) is 37.8 Å². The van der Waals surface area contributed by atoms with Crippen molar-refractivity contribution in [1.82, 2.24) is 25.9 Å². The summed E-state index contributed by atoms with van der Waals surface area (Å²) in [7, 11) is 3.06. The number of esters is 1. The SMILES string of the molecule is COC(=O)/C=C/C(=O)NNC(=O)CCc1ccccc1C(=O)NC(C)c1cc(-c2cnn(C)c2)cc(-c2cccs2)c1. The highest BCUT2D eigenvalue weighted by atomic mass is 32.1. The predicted octanol–water partition coefficient (Wildman–Crippen LogP) is 4.12. The third kappa shape index (κ3) is 8.01. The molecule has 1 atom stereocenters. The van der Waals surface area contributed by atoms with Crippen molar-refractivity contribution >= 4 is 35.0 Å².